The summed E-state index contributed by atoms with van der Waals surface area (Å²) in [4.78, 5) is 132. The van der Waals surface area contributed by atoms with Crippen LogP contribution in [-0.4, -0.2) is 147 Å². The lowest BCUT2D eigenvalue weighted by Gasteiger charge is -2.43. The number of nitrogens with one attached hydrogen (secondary N) is 5. The number of nitrogens with zero attached hydrogens (tertiary/aromatic N) is 3. The maximum absolute atomic E-state index is 14.8. The minimum absolute atomic E-state index is 0.00735. The Bertz CT molecular complexity index is 1960. The quantitative estimate of drug-likeness (QED) is 0.0390. The van der Waals surface area contributed by atoms with Crippen LogP contribution >= 0.6 is 0 Å². The van der Waals surface area contributed by atoms with E-state index in [0.29, 0.717) is 18.4 Å². The second kappa shape index (κ2) is 26.9. The highest BCUT2D eigenvalue weighted by Crippen LogP contribution is 2.26. The minimum Gasteiger partial charge on any atom is -0.481 e. The summed E-state index contributed by atoms with van der Waals surface area (Å²) in [5, 5.41) is 33.9. The summed E-state index contributed by atoms with van der Waals surface area (Å²) in [5.74, 6) is -9.59. The number of aliphatic imine (C=N–C) groups is 1. The number of piperidine rings is 1. The number of benzene rings is 1. The molecule has 2 aliphatic rings. The highest BCUT2D eigenvalue weighted by Gasteiger charge is 2.46. The number of aliphatic hydroxyl groups is 1. The fourth-order valence-corrected chi connectivity index (χ4v) is 8.03. The number of esters is 1. The number of hydrogen-bond donors (Lipinski definition) is 9. The number of guanidine groups is 1. The van der Waals surface area contributed by atoms with Gasteiger partial charge in [0, 0.05) is 26.4 Å². The van der Waals surface area contributed by atoms with Crippen LogP contribution in [0.2, 0.25) is 0 Å². The molecule has 7 amide bonds. The Morgan fingerprint density at radius 3 is 2.18 bits per heavy atom. The van der Waals surface area contributed by atoms with E-state index >= 15 is 0 Å². The molecule has 2 bridgehead atoms. The molecule has 0 aromatic heterocycles. The molecular formula is C46H72N10O12. The molecule has 0 unspecified atom stereocenters. The van der Waals surface area contributed by atoms with Gasteiger partial charge in [-0.1, -0.05) is 77.8 Å². The van der Waals surface area contributed by atoms with Gasteiger partial charge in [-0.05, 0) is 62.8 Å². The Hall–Kier alpha value is -6.32. The van der Waals surface area contributed by atoms with Gasteiger partial charge in [-0.25, -0.2) is 4.79 Å². The molecule has 22 nitrogen and oxygen atoms in total. The number of carboxylic acid groups (broad SMARTS) is 1. The van der Waals surface area contributed by atoms with Crippen LogP contribution in [0, 0.1) is 11.8 Å². The predicted molar refractivity (Wildman–Crippen MR) is 248 cm³/mol. The number of amides is 7. The van der Waals surface area contributed by atoms with Crippen molar-refractivity contribution in [3.05, 3.63) is 35.9 Å². The van der Waals surface area contributed by atoms with E-state index < -0.39 is 120 Å². The van der Waals surface area contributed by atoms with Crippen molar-refractivity contribution in [1.82, 2.24) is 36.4 Å². The lowest BCUT2D eigenvalue weighted by molar-refractivity contribution is -0.166. The average Bonchev–Trinajstić information content (AvgIpc) is 3.26. The molecule has 2 heterocycles. The lowest BCUT2D eigenvalue weighted by Crippen LogP contribution is -2.65. The van der Waals surface area contributed by atoms with Crippen LogP contribution in [0.25, 0.3) is 0 Å². The van der Waals surface area contributed by atoms with Gasteiger partial charge in [-0.3, -0.25) is 43.3 Å². The van der Waals surface area contributed by atoms with Gasteiger partial charge in [-0.15, -0.1) is 0 Å². The number of ether oxygens (including phenoxy) is 1. The first kappa shape index (κ1) is 56.0. The first-order valence-electron chi connectivity index (χ1n) is 23.3. The van der Waals surface area contributed by atoms with Crippen molar-refractivity contribution in [3.8, 4) is 0 Å². The van der Waals surface area contributed by atoms with Gasteiger partial charge in [0.05, 0.1) is 6.42 Å². The van der Waals surface area contributed by atoms with Gasteiger partial charge >= 0.3 is 11.9 Å². The molecule has 2 fully saturated rings. The van der Waals surface area contributed by atoms with Crippen molar-refractivity contribution in [2.75, 3.05) is 13.6 Å². The molecule has 378 valence electrons. The maximum atomic E-state index is 14.8. The van der Waals surface area contributed by atoms with Gasteiger partial charge in [0.15, 0.2) is 5.96 Å². The number of nitrogens with two attached hydrogens (primary N) is 2. The molecule has 68 heavy (non-hydrogen) atoms. The Kier molecular flexibility index (Phi) is 22.1. The molecule has 0 saturated carbocycles. The summed E-state index contributed by atoms with van der Waals surface area (Å²) in [7, 11) is 1.39. The van der Waals surface area contributed by atoms with Crippen molar-refractivity contribution < 1.29 is 58.1 Å². The van der Waals surface area contributed by atoms with Crippen LogP contribution in [0.1, 0.15) is 111 Å². The number of fused-ring (bicyclic) bond motifs is 2. The van der Waals surface area contributed by atoms with E-state index in [-0.39, 0.29) is 63.4 Å². The van der Waals surface area contributed by atoms with E-state index in [1.807, 2.05) is 20.8 Å². The van der Waals surface area contributed by atoms with Crippen LogP contribution in [-0.2, 0) is 54.3 Å². The molecule has 2 saturated heterocycles. The number of cyclic esters (lactones) is 1. The fraction of sp³-hybridized carbons (Fsp3) is 0.652. The molecule has 1 aromatic carbocycles. The van der Waals surface area contributed by atoms with Crippen molar-refractivity contribution in [1.29, 1.82) is 0 Å². The number of likely N-dealkylation sites (N-methyl/N-ethyl adjacent to an activating group) is 1. The Morgan fingerprint density at radius 1 is 0.897 bits per heavy atom. The highest BCUT2D eigenvalue weighted by atomic mass is 16.5. The molecule has 11 N–H and O–H groups in total. The minimum atomic E-state index is -1.85. The van der Waals surface area contributed by atoms with Gasteiger partial charge in [0.25, 0.3) is 0 Å². The predicted octanol–water partition coefficient (Wildman–Crippen LogP) is -0.455. The SMILES string of the molecule is CCCCCC(=O)N[C@@H](CC(=O)O)C(=O)N[C@@H]1C(=O)N[C@@H](CCCN=C(N)N)C(=O)N[C@H]2CC[C@H](O)N(C2=O)[C@@H](CC(C)C)C(=O)N(C)[C@@H](Cc2ccccc2)C(=O)N[C@@H](C(C)C)C(=O)O[C@@H]1C. The molecule has 2 aliphatic heterocycles. The normalized spacial score (nSPS) is 24.9. The zero-order valence-electron chi connectivity index (χ0n) is 40.2. The Morgan fingerprint density at radius 2 is 1.57 bits per heavy atom. The highest BCUT2D eigenvalue weighted by molar-refractivity contribution is 5.98. The van der Waals surface area contributed by atoms with Crippen LogP contribution in [0.5, 0.6) is 0 Å². The summed E-state index contributed by atoms with van der Waals surface area (Å²) in [6, 6.07) is -1.57. The summed E-state index contributed by atoms with van der Waals surface area (Å²) in [6.45, 7) is 10.1. The largest absolute Gasteiger partial charge is 0.481 e. The molecule has 1 aromatic rings. The first-order valence-corrected chi connectivity index (χ1v) is 23.3. The van der Waals surface area contributed by atoms with Crippen LogP contribution < -0.4 is 38.1 Å². The van der Waals surface area contributed by atoms with E-state index in [4.69, 9.17) is 16.2 Å². The molecule has 9 atom stereocenters. The zero-order chi connectivity index (χ0) is 50.8. The molecular weight excluding hydrogens is 885 g/mol. The van der Waals surface area contributed by atoms with E-state index in [2.05, 4.69) is 31.6 Å². The number of aliphatic carboxylic acids is 1. The summed E-state index contributed by atoms with van der Waals surface area (Å²) >= 11 is 0. The van der Waals surface area contributed by atoms with Crippen LogP contribution in [0.4, 0.5) is 0 Å². The smallest absolute Gasteiger partial charge is 0.329 e. The summed E-state index contributed by atoms with van der Waals surface area (Å²) in [6.07, 6.45) is -2.15. The fourth-order valence-electron chi connectivity index (χ4n) is 8.03. The topological polar surface area (TPSA) is 334 Å². The molecule has 3 rings (SSSR count). The number of carbonyl (C=O) groups is 9. The number of carbonyl (C=O) groups excluding carboxylic acids is 8. The van der Waals surface area contributed by atoms with E-state index in [1.54, 1.807) is 44.2 Å². The van der Waals surface area contributed by atoms with E-state index in [1.165, 1.54) is 18.9 Å². The molecule has 0 aliphatic carbocycles. The van der Waals surface area contributed by atoms with Crippen molar-refractivity contribution in [2.45, 2.75) is 167 Å². The molecule has 0 radical (unpaired) electrons. The zero-order valence-corrected chi connectivity index (χ0v) is 40.2. The number of aliphatic hydroxyl groups excluding tert-OH is 1. The third kappa shape index (κ3) is 16.8. The van der Waals surface area contributed by atoms with E-state index in [9.17, 15) is 53.4 Å². The monoisotopic (exact) mass is 957 g/mol. The lowest BCUT2D eigenvalue weighted by atomic mass is 9.94. The Balaban J connectivity index is 2.22. The van der Waals surface area contributed by atoms with E-state index in [0.717, 1.165) is 11.3 Å². The maximum Gasteiger partial charge on any atom is 0.329 e. The van der Waals surface area contributed by atoms with Crippen molar-refractivity contribution in [3.63, 3.8) is 0 Å². The summed E-state index contributed by atoms with van der Waals surface area (Å²) in [5.41, 5.74) is 11.7. The number of hydrogen-bond acceptors (Lipinski definition) is 12. The molecule has 0 spiro atoms. The second-order valence-corrected chi connectivity index (χ2v) is 18.2. The standard InChI is InChI=1S/C46H72N10O12/c1-8-9-11-18-34(57)50-31(24-36(59)60)40(62)54-38-27(6)68-45(67)37(26(4)5)53-41(63)32(23-28-15-12-10-13-16-28)55(7)44(66)33(22-25(2)3)56-35(58)20-19-30(43(56)65)52-39(61)29(51-42(38)64)17-14-21-49-46(47)48/h10,12-13,15-16,25-27,29-33,35,37-38,58H,8-9,11,14,17-24H2,1-7H3,(H,50,57)(H,51,64)(H,52,61)(H,53,63)(H,54,62)(H,59,60)(H4,47,48,49)/t27-,29+,30+,31+,32+,33+,35+,37+,38+/m1/s1. The molecule has 22 heteroatoms. The Labute approximate surface area is 397 Å². The average molecular weight is 957 g/mol. The summed E-state index contributed by atoms with van der Waals surface area (Å²) < 4.78 is 5.82. The van der Waals surface area contributed by atoms with Gasteiger partial charge in [0.2, 0.25) is 41.4 Å². The van der Waals surface area contributed by atoms with Gasteiger partial charge in [0.1, 0.15) is 54.6 Å². The third-order valence-electron chi connectivity index (χ3n) is 11.8. The van der Waals surface area contributed by atoms with Gasteiger partial charge < -0.3 is 62.8 Å². The van der Waals surface area contributed by atoms with Gasteiger partial charge in [-0.2, -0.15) is 0 Å². The van der Waals surface area contributed by atoms with Crippen LogP contribution in [0.3, 0.4) is 0 Å². The second-order valence-electron chi connectivity index (χ2n) is 18.2. The van der Waals surface area contributed by atoms with Crippen molar-refractivity contribution in [2.24, 2.45) is 28.3 Å². The number of rotatable bonds is 18. The first-order chi connectivity index (χ1) is 32.0. The van der Waals surface area contributed by atoms with Crippen molar-refractivity contribution >= 4 is 59.2 Å². The third-order valence-corrected chi connectivity index (χ3v) is 11.8. The number of unbranched alkanes of at least 4 members (excludes halogenated alkanes) is 2. The van der Waals surface area contributed by atoms with Crippen LogP contribution in [0.15, 0.2) is 35.3 Å². The number of carboxylic acids is 1.